The van der Waals surface area contributed by atoms with E-state index >= 15 is 0 Å². The van der Waals surface area contributed by atoms with Crippen LogP contribution < -0.4 is 0 Å². The fraction of sp³-hybridized carbons (Fsp3) is 0.375. The molecule has 0 saturated heterocycles. The molecule has 2 rings (SSSR count). The Morgan fingerprint density at radius 3 is 2.15 bits per heavy atom. The Labute approximate surface area is 144 Å². The van der Waals surface area contributed by atoms with Crippen molar-refractivity contribution in [2.45, 2.75) is 32.2 Å². The Morgan fingerprint density at radius 1 is 1.08 bits per heavy atom. The minimum atomic E-state index is -4.93. The summed E-state index contributed by atoms with van der Waals surface area (Å²) in [6.45, 7) is 1.92. The molecule has 0 amide bonds. The van der Waals surface area contributed by atoms with E-state index in [0.29, 0.717) is 12.1 Å². The van der Waals surface area contributed by atoms with Crippen LogP contribution >= 0.6 is 0 Å². The van der Waals surface area contributed by atoms with Gasteiger partial charge in [-0.2, -0.15) is 31.4 Å². The van der Waals surface area contributed by atoms with E-state index in [1.165, 1.54) is 16.9 Å². The zero-order chi connectivity index (χ0) is 19.5. The SMILES string of the molecule is CCOC(=O)CCn1ccc(-c2cc(C(F)(F)F)cc(C(F)(F)F)c2)n1. The van der Waals surface area contributed by atoms with Gasteiger partial charge in [-0.1, -0.05) is 0 Å². The maximum atomic E-state index is 12.9. The molecule has 10 heteroatoms. The molecule has 0 unspecified atom stereocenters. The third kappa shape index (κ3) is 4.99. The van der Waals surface area contributed by atoms with Crippen molar-refractivity contribution in [2.75, 3.05) is 6.61 Å². The van der Waals surface area contributed by atoms with Crippen LogP contribution in [0.2, 0.25) is 0 Å². The van der Waals surface area contributed by atoms with Gasteiger partial charge in [0.2, 0.25) is 0 Å². The molecule has 2 aromatic rings. The number of carbonyl (C=O) groups excluding carboxylic acids is 1. The van der Waals surface area contributed by atoms with E-state index in [1.54, 1.807) is 6.92 Å². The molecule has 4 nitrogen and oxygen atoms in total. The van der Waals surface area contributed by atoms with Gasteiger partial charge in [-0.05, 0) is 31.2 Å². The van der Waals surface area contributed by atoms with Gasteiger partial charge in [-0.25, -0.2) is 0 Å². The third-order valence-electron chi connectivity index (χ3n) is 3.37. The zero-order valence-electron chi connectivity index (χ0n) is 13.5. The number of benzene rings is 1. The molecule has 0 atom stereocenters. The first-order valence-electron chi connectivity index (χ1n) is 7.49. The second-order valence-corrected chi connectivity index (χ2v) is 5.31. The summed E-state index contributed by atoms with van der Waals surface area (Å²) in [6.07, 6.45) is -8.52. The van der Waals surface area contributed by atoms with Crippen LogP contribution in [0.1, 0.15) is 24.5 Å². The summed E-state index contributed by atoms with van der Waals surface area (Å²) in [7, 11) is 0. The second-order valence-electron chi connectivity index (χ2n) is 5.31. The van der Waals surface area contributed by atoms with E-state index in [2.05, 4.69) is 5.10 Å². The van der Waals surface area contributed by atoms with Gasteiger partial charge in [0.1, 0.15) is 0 Å². The van der Waals surface area contributed by atoms with Crippen molar-refractivity contribution < 1.29 is 35.9 Å². The first-order chi connectivity index (χ1) is 12.0. The van der Waals surface area contributed by atoms with Crippen molar-refractivity contribution in [1.82, 2.24) is 9.78 Å². The number of esters is 1. The number of hydrogen-bond donors (Lipinski definition) is 0. The average Bonchev–Trinajstić information content (AvgIpc) is 3.00. The van der Waals surface area contributed by atoms with Crippen molar-refractivity contribution in [2.24, 2.45) is 0 Å². The number of halogens is 6. The number of carbonyl (C=O) groups is 1. The zero-order valence-corrected chi connectivity index (χ0v) is 13.5. The van der Waals surface area contributed by atoms with Gasteiger partial charge in [0.15, 0.2) is 0 Å². The predicted molar refractivity (Wildman–Crippen MR) is 78.9 cm³/mol. The molecule has 0 fully saturated rings. The summed E-state index contributed by atoms with van der Waals surface area (Å²) in [6, 6.07) is 2.54. The van der Waals surface area contributed by atoms with E-state index in [1.807, 2.05) is 0 Å². The van der Waals surface area contributed by atoms with Gasteiger partial charge in [0.05, 0.1) is 36.4 Å². The maximum Gasteiger partial charge on any atom is 0.416 e. The highest BCUT2D eigenvalue weighted by Crippen LogP contribution is 2.38. The van der Waals surface area contributed by atoms with E-state index in [9.17, 15) is 31.1 Å². The summed E-state index contributed by atoms with van der Waals surface area (Å²) in [5.41, 5.74) is -3.21. The highest BCUT2D eigenvalue weighted by Gasteiger charge is 2.37. The van der Waals surface area contributed by atoms with Crippen LogP contribution in [-0.4, -0.2) is 22.4 Å². The van der Waals surface area contributed by atoms with E-state index in [0.717, 1.165) is 0 Å². The Bertz CT molecular complexity index is 748. The number of hydrogen-bond acceptors (Lipinski definition) is 3. The fourth-order valence-corrected chi connectivity index (χ4v) is 2.18. The van der Waals surface area contributed by atoms with Gasteiger partial charge in [-0.15, -0.1) is 0 Å². The Morgan fingerprint density at radius 2 is 1.65 bits per heavy atom. The molecule has 1 heterocycles. The van der Waals surface area contributed by atoms with Crippen LogP contribution in [0.5, 0.6) is 0 Å². The standard InChI is InChI=1S/C16H14F6N2O2/c1-2-26-14(25)4-6-24-5-3-13(23-24)10-7-11(15(17,18)19)9-12(8-10)16(20,21)22/h3,5,7-9H,2,4,6H2,1H3. The number of rotatable bonds is 5. The molecule has 0 spiro atoms. The average molecular weight is 380 g/mol. The lowest BCUT2D eigenvalue weighted by molar-refractivity contribution is -0.144. The largest absolute Gasteiger partial charge is 0.466 e. The van der Waals surface area contributed by atoms with Crippen molar-refractivity contribution >= 4 is 5.97 Å². The molecule has 1 aromatic heterocycles. The monoisotopic (exact) mass is 380 g/mol. The van der Waals surface area contributed by atoms with Gasteiger partial charge < -0.3 is 4.74 Å². The van der Waals surface area contributed by atoms with Gasteiger partial charge in [-0.3, -0.25) is 9.48 Å². The summed E-state index contributed by atoms with van der Waals surface area (Å²) >= 11 is 0. The fourth-order valence-electron chi connectivity index (χ4n) is 2.18. The van der Waals surface area contributed by atoms with Crippen molar-refractivity contribution in [1.29, 1.82) is 0 Å². The number of aromatic nitrogens is 2. The number of nitrogens with zero attached hydrogens (tertiary/aromatic N) is 2. The first-order valence-corrected chi connectivity index (χ1v) is 7.49. The summed E-state index contributed by atoms with van der Waals surface area (Å²) < 4.78 is 83.3. The molecular formula is C16H14F6N2O2. The molecule has 0 aliphatic rings. The molecule has 1 aromatic carbocycles. The molecule has 142 valence electrons. The van der Waals surface area contributed by atoms with Crippen LogP contribution in [0.3, 0.4) is 0 Å². The smallest absolute Gasteiger partial charge is 0.416 e. The second kappa shape index (κ2) is 7.38. The topological polar surface area (TPSA) is 44.1 Å². The molecule has 26 heavy (non-hydrogen) atoms. The quantitative estimate of drug-likeness (QED) is 0.565. The molecule has 0 radical (unpaired) electrons. The van der Waals surface area contributed by atoms with E-state index in [4.69, 9.17) is 4.74 Å². The third-order valence-corrected chi connectivity index (χ3v) is 3.37. The van der Waals surface area contributed by atoms with Crippen LogP contribution in [0.15, 0.2) is 30.5 Å². The van der Waals surface area contributed by atoms with Crippen molar-refractivity contribution in [3.05, 3.63) is 41.6 Å². The lowest BCUT2D eigenvalue weighted by Gasteiger charge is -2.13. The Hall–Kier alpha value is -2.52. The highest BCUT2D eigenvalue weighted by atomic mass is 19.4. The molecule has 0 saturated carbocycles. The first kappa shape index (κ1) is 19.8. The van der Waals surface area contributed by atoms with Crippen LogP contribution in [0.25, 0.3) is 11.3 Å². The summed E-state index contributed by atoms with van der Waals surface area (Å²) in [5, 5.41) is 3.93. The lowest BCUT2D eigenvalue weighted by Crippen LogP contribution is -2.11. The van der Waals surface area contributed by atoms with Crippen molar-refractivity contribution in [3.63, 3.8) is 0 Å². The number of aryl methyl sites for hydroxylation is 1. The minimum Gasteiger partial charge on any atom is -0.466 e. The van der Waals surface area contributed by atoms with E-state index in [-0.39, 0.29) is 36.9 Å². The summed E-state index contributed by atoms with van der Waals surface area (Å²) in [5.74, 6) is -0.483. The number of ether oxygens (including phenoxy) is 1. The van der Waals surface area contributed by atoms with E-state index < -0.39 is 29.4 Å². The normalized spacial score (nSPS) is 12.3. The van der Waals surface area contributed by atoms with Gasteiger partial charge in [0, 0.05) is 11.8 Å². The van der Waals surface area contributed by atoms with Crippen LogP contribution in [-0.2, 0) is 28.4 Å². The Balaban J connectivity index is 2.32. The minimum absolute atomic E-state index is 0.0225. The highest BCUT2D eigenvalue weighted by molar-refractivity contribution is 5.69. The molecule has 0 bridgehead atoms. The van der Waals surface area contributed by atoms with Crippen LogP contribution in [0, 0.1) is 0 Å². The number of alkyl halides is 6. The van der Waals surface area contributed by atoms with Crippen molar-refractivity contribution in [3.8, 4) is 11.3 Å². The molecule has 0 aliphatic heterocycles. The van der Waals surface area contributed by atoms with Gasteiger partial charge >= 0.3 is 18.3 Å². The Kier molecular flexibility index (Phi) is 5.62. The predicted octanol–water partition coefficient (Wildman–Crippen LogP) is 4.54. The molecule has 0 N–H and O–H groups in total. The van der Waals surface area contributed by atoms with Crippen LogP contribution in [0.4, 0.5) is 26.3 Å². The lowest BCUT2D eigenvalue weighted by atomic mass is 10.0. The molecular weight excluding hydrogens is 366 g/mol. The summed E-state index contributed by atoms with van der Waals surface area (Å²) in [4.78, 5) is 11.3. The maximum absolute atomic E-state index is 12.9. The van der Waals surface area contributed by atoms with Gasteiger partial charge in [0.25, 0.3) is 0 Å². The molecule has 0 aliphatic carbocycles.